The van der Waals surface area contributed by atoms with Crippen LogP contribution in [0.5, 0.6) is 0 Å². The van der Waals surface area contributed by atoms with E-state index in [0.717, 1.165) is 5.69 Å². The van der Waals surface area contributed by atoms with Gasteiger partial charge in [-0.2, -0.15) is 0 Å². The Morgan fingerprint density at radius 2 is 2.06 bits per heavy atom. The van der Waals surface area contributed by atoms with Crippen molar-refractivity contribution in [2.75, 3.05) is 0 Å². The Morgan fingerprint density at radius 1 is 1.44 bits per heavy atom. The van der Waals surface area contributed by atoms with Crippen LogP contribution in [-0.4, -0.2) is 20.0 Å². The second-order valence-electron chi connectivity index (χ2n) is 4.73. The van der Waals surface area contributed by atoms with E-state index in [1.54, 1.807) is 0 Å². The molecular weight excluding hydrogens is 220 g/mol. The third-order valence-corrected chi connectivity index (χ3v) is 3.37. The average molecular weight is 238 g/mol. The first-order valence-electron chi connectivity index (χ1n) is 5.86. The maximum absolute atomic E-state index is 5.68. The molecule has 0 bridgehead atoms. The number of nitrogens with zero attached hydrogens (tertiary/aromatic N) is 3. The third kappa shape index (κ3) is 1.96. The van der Waals surface area contributed by atoms with Crippen LogP contribution in [0.3, 0.4) is 0 Å². The van der Waals surface area contributed by atoms with Gasteiger partial charge in [0, 0.05) is 0 Å². The Labute approximate surface area is 101 Å². The van der Waals surface area contributed by atoms with Crippen molar-refractivity contribution >= 4 is 17.2 Å². The van der Waals surface area contributed by atoms with Crippen LogP contribution in [0.2, 0.25) is 0 Å². The van der Waals surface area contributed by atoms with Gasteiger partial charge in [0.25, 0.3) is 0 Å². The van der Waals surface area contributed by atoms with E-state index < -0.39 is 0 Å². The van der Waals surface area contributed by atoms with Gasteiger partial charge in [-0.15, -0.1) is 5.10 Å². The molecule has 5 heteroatoms. The van der Waals surface area contributed by atoms with E-state index >= 15 is 0 Å². The highest BCUT2D eigenvalue weighted by Gasteiger charge is 2.25. The molecule has 1 aliphatic rings. The lowest BCUT2D eigenvalue weighted by molar-refractivity contribution is 0.431. The fourth-order valence-electron chi connectivity index (χ4n) is 2.43. The van der Waals surface area contributed by atoms with E-state index in [2.05, 4.69) is 24.2 Å². The zero-order chi connectivity index (χ0) is 11.7. The highest BCUT2D eigenvalue weighted by Crippen LogP contribution is 2.32. The predicted octanol–water partition coefficient (Wildman–Crippen LogP) is 2.15. The molecule has 1 fully saturated rings. The molecule has 2 N–H and O–H groups in total. The van der Waals surface area contributed by atoms with Gasteiger partial charge in [-0.3, -0.25) is 0 Å². The number of thiocarbonyl (C=S) groups is 1. The van der Waals surface area contributed by atoms with Crippen LogP contribution in [0.1, 0.15) is 62.9 Å². The first kappa shape index (κ1) is 11.5. The molecule has 2 rings (SSSR count). The van der Waals surface area contributed by atoms with Crippen molar-refractivity contribution in [1.29, 1.82) is 0 Å². The number of hydrogen-bond acceptors (Lipinski definition) is 3. The van der Waals surface area contributed by atoms with Gasteiger partial charge < -0.3 is 5.73 Å². The molecule has 1 aromatic heterocycles. The molecule has 0 aromatic carbocycles. The fraction of sp³-hybridized carbons (Fsp3) is 0.727. The molecule has 1 saturated carbocycles. The first-order valence-corrected chi connectivity index (χ1v) is 6.27. The van der Waals surface area contributed by atoms with Crippen LogP contribution in [0, 0.1) is 0 Å². The molecule has 0 radical (unpaired) electrons. The van der Waals surface area contributed by atoms with Crippen molar-refractivity contribution in [2.24, 2.45) is 5.73 Å². The Kier molecular flexibility index (Phi) is 3.23. The van der Waals surface area contributed by atoms with Gasteiger partial charge in [0.05, 0.1) is 11.7 Å². The van der Waals surface area contributed by atoms with Gasteiger partial charge in [0.1, 0.15) is 10.7 Å². The third-order valence-electron chi connectivity index (χ3n) is 3.18. The SMILES string of the molecule is CC(C)c1c(C(N)=S)nnn1C1CCCC1. The molecule has 0 saturated heterocycles. The first-order chi connectivity index (χ1) is 7.61. The highest BCUT2D eigenvalue weighted by molar-refractivity contribution is 7.80. The second kappa shape index (κ2) is 4.49. The molecule has 0 spiro atoms. The monoisotopic (exact) mass is 238 g/mol. The minimum atomic E-state index is 0.354. The minimum Gasteiger partial charge on any atom is -0.388 e. The summed E-state index contributed by atoms with van der Waals surface area (Å²) in [6, 6.07) is 0.494. The van der Waals surface area contributed by atoms with Gasteiger partial charge in [0.15, 0.2) is 0 Å². The van der Waals surface area contributed by atoms with E-state index in [0.29, 0.717) is 22.6 Å². The maximum atomic E-state index is 5.68. The molecule has 0 amide bonds. The summed E-state index contributed by atoms with van der Waals surface area (Å²) in [5.41, 5.74) is 7.48. The standard InChI is InChI=1S/C11H18N4S/c1-7(2)10-9(11(12)16)13-14-15(10)8-5-3-4-6-8/h7-8H,3-6H2,1-2H3,(H2,12,16). The fourth-order valence-corrected chi connectivity index (χ4v) is 2.58. The van der Waals surface area contributed by atoms with E-state index in [9.17, 15) is 0 Å². The van der Waals surface area contributed by atoms with Crippen molar-refractivity contribution in [1.82, 2.24) is 15.0 Å². The molecule has 4 nitrogen and oxygen atoms in total. The molecule has 0 unspecified atom stereocenters. The molecule has 0 atom stereocenters. The van der Waals surface area contributed by atoms with Gasteiger partial charge in [-0.1, -0.05) is 44.1 Å². The molecular formula is C11H18N4S. The summed E-state index contributed by atoms with van der Waals surface area (Å²) in [7, 11) is 0. The second-order valence-corrected chi connectivity index (χ2v) is 5.16. The maximum Gasteiger partial charge on any atom is 0.143 e. The van der Waals surface area contributed by atoms with E-state index in [1.165, 1.54) is 25.7 Å². The zero-order valence-electron chi connectivity index (χ0n) is 9.81. The largest absolute Gasteiger partial charge is 0.388 e. The quantitative estimate of drug-likeness (QED) is 0.820. The van der Waals surface area contributed by atoms with E-state index in [4.69, 9.17) is 18.0 Å². The number of nitrogens with two attached hydrogens (primary N) is 1. The van der Waals surface area contributed by atoms with Crippen molar-refractivity contribution in [3.63, 3.8) is 0 Å². The Balaban J connectivity index is 2.40. The molecule has 1 heterocycles. The van der Waals surface area contributed by atoms with Crippen molar-refractivity contribution in [3.8, 4) is 0 Å². The van der Waals surface area contributed by atoms with Crippen LogP contribution in [-0.2, 0) is 0 Å². The summed E-state index contributed by atoms with van der Waals surface area (Å²) in [5.74, 6) is 0.354. The smallest absolute Gasteiger partial charge is 0.143 e. The van der Waals surface area contributed by atoms with Crippen LogP contribution >= 0.6 is 12.2 Å². The highest BCUT2D eigenvalue weighted by atomic mass is 32.1. The lowest BCUT2D eigenvalue weighted by Gasteiger charge is -2.15. The van der Waals surface area contributed by atoms with Crippen LogP contribution in [0.25, 0.3) is 0 Å². The van der Waals surface area contributed by atoms with E-state index in [-0.39, 0.29) is 0 Å². The Morgan fingerprint density at radius 3 is 2.56 bits per heavy atom. The molecule has 1 aliphatic carbocycles. The van der Waals surface area contributed by atoms with Gasteiger partial charge in [-0.25, -0.2) is 4.68 Å². The summed E-state index contributed by atoms with van der Waals surface area (Å²) in [5, 5.41) is 8.37. The summed E-state index contributed by atoms with van der Waals surface area (Å²) < 4.78 is 2.05. The molecule has 0 aliphatic heterocycles. The molecule has 1 aromatic rings. The minimum absolute atomic E-state index is 0.354. The lowest BCUT2D eigenvalue weighted by atomic mass is 10.1. The van der Waals surface area contributed by atoms with Crippen LogP contribution < -0.4 is 5.73 Å². The van der Waals surface area contributed by atoms with Gasteiger partial charge >= 0.3 is 0 Å². The van der Waals surface area contributed by atoms with Crippen molar-refractivity contribution in [3.05, 3.63) is 11.4 Å². The number of hydrogen-bond donors (Lipinski definition) is 1. The lowest BCUT2D eigenvalue weighted by Crippen LogP contribution is -2.16. The van der Waals surface area contributed by atoms with E-state index in [1.807, 2.05) is 4.68 Å². The Bertz CT molecular complexity index is 391. The van der Waals surface area contributed by atoms with Crippen molar-refractivity contribution < 1.29 is 0 Å². The summed E-state index contributed by atoms with van der Waals surface area (Å²) >= 11 is 5.02. The molecule has 16 heavy (non-hydrogen) atoms. The van der Waals surface area contributed by atoms with Crippen molar-refractivity contribution in [2.45, 2.75) is 51.5 Å². The number of aromatic nitrogens is 3. The normalized spacial score (nSPS) is 17.2. The van der Waals surface area contributed by atoms with Gasteiger partial charge in [-0.05, 0) is 18.8 Å². The van der Waals surface area contributed by atoms with Crippen LogP contribution in [0.15, 0.2) is 0 Å². The summed E-state index contributed by atoms with van der Waals surface area (Å²) in [4.78, 5) is 0.355. The van der Waals surface area contributed by atoms with Crippen LogP contribution in [0.4, 0.5) is 0 Å². The van der Waals surface area contributed by atoms with Gasteiger partial charge in [0.2, 0.25) is 0 Å². The summed E-state index contributed by atoms with van der Waals surface area (Å²) in [6.45, 7) is 4.26. The predicted molar refractivity (Wildman–Crippen MR) is 67.5 cm³/mol. The summed E-state index contributed by atoms with van der Waals surface area (Å²) in [6.07, 6.45) is 4.95. The topological polar surface area (TPSA) is 56.7 Å². The molecule has 88 valence electrons. The average Bonchev–Trinajstić information content (AvgIpc) is 2.85. The number of rotatable bonds is 3. The zero-order valence-corrected chi connectivity index (χ0v) is 10.6. The Hall–Kier alpha value is -0.970.